The monoisotopic (exact) mass is 390 g/mol. The van der Waals surface area contributed by atoms with E-state index in [0.29, 0.717) is 18.5 Å². The number of aliphatic hydroxyl groups excluding tert-OH is 1. The van der Waals surface area contributed by atoms with E-state index in [1.165, 1.54) is 0 Å². The Bertz CT molecular complexity index is 638. The highest BCUT2D eigenvalue weighted by Gasteiger charge is 2.35. The molecule has 0 fully saturated rings. The second kappa shape index (κ2) is 11.0. The molecule has 6 heteroatoms. The number of Topliss-reactive ketones (excluding diaryl/α,β-unsaturated/α-hetero) is 1. The predicted molar refractivity (Wildman–Crippen MR) is 117 cm³/mol. The van der Waals surface area contributed by atoms with E-state index in [1.54, 1.807) is 21.3 Å². The first-order valence-electron chi connectivity index (χ1n) is 10.4. The third-order valence-corrected chi connectivity index (χ3v) is 5.30. The van der Waals surface area contributed by atoms with E-state index in [2.05, 4.69) is 12.2 Å². The molecular weight excluding hydrogens is 353 g/mol. The molecule has 0 atom stereocenters. The van der Waals surface area contributed by atoms with E-state index in [9.17, 15) is 15.0 Å². The number of hydrogen-bond donors (Lipinski definition) is 3. The summed E-state index contributed by atoms with van der Waals surface area (Å²) >= 11 is 0. The first-order chi connectivity index (χ1) is 13.1. The summed E-state index contributed by atoms with van der Waals surface area (Å²) in [5.74, 6) is 0.134. The van der Waals surface area contributed by atoms with Crippen LogP contribution in [0.3, 0.4) is 0 Å². The van der Waals surface area contributed by atoms with Crippen molar-refractivity contribution >= 4 is 24.4 Å². The van der Waals surface area contributed by atoms with E-state index in [4.69, 9.17) is 4.65 Å². The lowest BCUT2D eigenvalue weighted by Crippen LogP contribution is -2.49. The predicted octanol–water partition coefficient (Wildman–Crippen LogP) is 3.23. The van der Waals surface area contributed by atoms with Crippen molar-refractivity contribution in [2.45, 2.75) is 84.8 Å². The van der Waals surface area contributed by atoms with Crippen LogP contribution in [0.2, 0.25) is 0 Å². The van der Waals surface area contributed by atoms with Crippen LogP contribution in [0.5, 0.6) is 0 Å². The van der Waals surface area contributed by atoms with Crippen LogP contribution in [-0.4, -0.2) is 47.8 Å². The van der Waals surface area contributed by atoms with E-state index in [1.807, 2.05) is 32.9 Å². The van der Waals surface area contributed by atoms with E-state index < -0.39 is 11.2 Å². The van der Waals surface area contributed by atoms with Crippen LogP contribution in [0.25, 0.3) is 0 Å². The molecule has 0 aliphatic rings. The SMILES string of the molecule is CCCCCC(=O)c1c(CC)cc([B]OC(C)(C)C(C)(C)O)cc1NCCO. The third-order valence-electron chi connectivity index (χ3n) is 5.30. The van der Waals surface area contributed by atoms with Crippen molar-refractivity contribution in [1.29, 1.82) is 0 Å². The van der Waals surface area contributed by atoms with Crippen LogP contribution in [0, 0.1) is 0 Å². The largest absolute Gasteiger partial charge is 0.427 e. The first-order valence-corrected chi connectivity index (χ1v) is 10.4. The number of carbonyl (C=O) groups excluding carboxylic acids is 1. The Balaban J connectivity index is 3.16. The van der Waals surface area contributed by atoms with Gasteiger partial charge in [-0.1, -0.05) is 38.2 Å². The summed E-state index contributed by atoms with van der Waals surface area (Å²) in [5.41, 5.74) is 1.44. The van der Waals surface area contributed by atoms with Gasteiger partial charge in [0.25, 0.3) is 0 Å². The van der Waals surface area contributed by atoms with Gasteiger partial charge in [-0.25, -0.2) is 0 Å². The molecule has 0 aromatic heterocycles. The molecule has 0 bridgehead atoms. The van der Waals surface area contributed by atoms with Crippen LogP contribution in [0.15, 0.2) is 12.1 Å². The first kappa shape index (κ1) is 24.7. The maximum absolute atomic E-state index is 12.9. The molecule has 1 rings (SSSR count). The number of aliphatic hydroxyl groups is 2. The summed E-state index contributed by atoms with van der Waals surface area (Å²) in [6.45, 7) is 11.6. The molecule has 1 aromatic rings. The molecule has 1 aromatic carbocycles. The molecule has 0 spiro atoms. The van der Waals surface area contributed by atoms with Crippen molar-refractivity contribution in [3.05, 3.63) is 23.3 Å². The molecule has 0 unspecified atom stereocenters. The number of aryl methyl sites for hydroxylation is 1. The van der Waals surface area contributed by atoms with Crippen molar-refractivity contribution in [1.82, 2.24) is 0 Å². The van der Waals surface area contributed by atoms with Crippen LogP contribution in [0.4, 0.5) is 5.69 Å². The topological polar surface area (TPSA) is 78.8 Å². The molecule has 28 heavy (non-hydrogen) atoms. The summed E-state index contributed by atoms with van der Waals surface area (Å²) in [7, 11) is 1.63. The summed E-state index contributed by atoms with van der Waals surface area (Å²) in [5, 5.41) is 22.7. The van der Waals surface area contributed by atoms with Crippen LogP contribution in [-0.2, 0) is 11.1 Å². The summed E-state index contributed by atoms with van der Waals surface area (Å²) in [6, 6.07) is 3.85. The van der Waals surface area contributed by atoms with Gasteiger partial charge in [0.05, 0.1) is 17.8 Å². The quantitative estimate of drug-likeness (QED) is 0.274. The lowest BCUT2D eigenvalue weighted by Gasteiger charge is -2.37. The molecular formula is C22H37BNO4. The molecule has 3 N–H and O–H groups in total. The van der Waals surface area contributed by atoms with Gasteiger partial charge in [0, 0.05) is 24.2 Å². The molecule has 1 radical (unpaired) electrons. The van der Waals surface area contributed by atoms with Crippen LogP contribution in [0.1, 0.15) is 83.1 Å². The van der Waals surface area contributed by atoms with Gasteiger partial charge in [0.15, 0.2) is 5.78 Å². The maximum atomic E-state index is 12.9. The smallest absolute Gasteiger partial charge is 0.331 e. The molecule has 0 saturated heterocycles. The minimum absolute atomic E-state index is 0.0128. The van der Waals surface area contributed by atoms with Crippen molar-refractivity contribution in [3.63, 3.8) is 0 Å². The highest BCUT2D eigenvalue weighted by molar-refractivity contribution is 6.47. The lowest BCUT2D eigenvalue weighted by atomic mass is 9.80. The number of hydrogen-bond acceptors (Lipinski definition) is 5. The Hall–Kier alpha value is -1.37. The van der Waals surface area contributed by atoms with Crippen molar-refractivity contribution in [2.75, 3.05) is 18.5 Å². The summed E-state index contributed by atoms with van der Waals surface area (Å²) in [6.07, 6.45) is 4.25. The number of carbonyl (C=O) groups is 1. The minimum atomic E-state index is -1.01. The molecule has 5 nitrogen and oxygen atoms in total. The van der Waals surface area contributed by atoms with Crippen LogP contribution >= 0.6 is 0 Å². The van der Waals surface area contributed by atoms with Gasteiger partial charge in [-0.2, -0.15) is 0 Å². The number of rotatable bonds is 13. The normalized spacial score (nSPS) is 12.1. The zero-order valence-corrected chi connectivity index (χ0v) is 18.4. The number of unbranched alkanes of at least 4 members (excludes halogenated alkanes) is 2. The van der Waals surface area contributed by atoms with Gasteiger partial charge in [0.2, 0.25) is 0 Å². The summed E-state index contributed by atoms with van der Waals surface area (Å²) in [4.78, 5) is 12.9. The highest BCUT2D eigenvalue weighted by atomic mass is 16.5. The maximum Gasteiger partial charge on any atom is 0.331 e. The molecule has 0 heterocycles. The number of benzene rings is 1. The Morgan fingerprint density at radius 2 is 1.86 bits per heavy atom. The van der Waals surface area contributed by atoms with Gasteiger partial charge in [-0.3, -0.25) is 4.79 Å². The van der Waals surface area contributed by atoms with E-state index in [-0.39, 0.29) is 12.4 Å². The fraction of sp³-hybridized carbons (Fsp3) is 0.682. The zero-order valence-electron chi connectivity index (χ0n) is 18.4. The Labute approximate surface area is 171 Å². The second-order valence-electron chi connectivity index (χ2n) is 8.29. The minimum Gasteiger partial charge on any atom is -0.427 e. The van der Waals surface area contributed by atoms with Gasteiger partial charge < -0.3 is 20.2 Å². The standard InChI is InChI=1S/C22H37BNO4/c1-7-9-10-11-19(26)20-16(8-2)14-17(15-18(20)24-12-13-25)23-28-22(5,6)21(3,4)27/h14-15,24-25,27H,7-13H2,1-6H3. The molecule has 0 aliphatic carbocycles. The zero-order chi connectivity index (χ0) is 21.4. The third kappa shape index (κ3) is 6.91. The average Bonchev–Trinajstić information content (AvgIpc) is 2.63. The van der Waals surface area contributed by atoms with E-state index >= 15 is 0 Å². The van der Waals surface area contributed by atoms with E-state index in [0.717, 1.165) is 42.4 Å². The molecule has 0 saturated carbocycles. The molecule has 0 amide bonds. The van der Waals surface area contributed by atoms with Crippen molar-refractivity contribution < 1.29 is 19.7 Å². The Morgan fingerprint density at radius 1 is 1.18 bits per heavy atom. The second-order valence-corrected chi connectivity index (χ2v) is 8.29. The van der Waals surface area contributed by atoms with Gasteiger partial charge in [-0.05, 0) is 52.2 Å². The molecule has 157 valence electrons. The van der Waals surface area contributed by atoms with Gasteiger partial charge >= 0.3 is 7.48 Å². The fourth-order valence-corrected chi connectivity index (χ4v) is 2.75. The lowest BCUT2D eigenvalue weighted by molar-refractivity contribution is -0.0893. The summed E-state index contributed by atoms with van der Waals surface area (Å²) < 4.78 is 5.88. The van der Waals surface area contributed by atoms with Crippen molar-refractivity contribution in [3.8, 4) is 0 Å². The van der Waals surface area contributed by atoms with Gasteiger partial charge in [0.1, 0.15) is 0 Å². The number of anilines is 1. The van der Waals surface area contributed by atoms with Crippen LogP contribution < -0.4 is 10.8 Å². The van der Waals surface area contributed by atoms with Crippen molar-refractivity contribution in [2.24, 2.45) is 0 Å². The number of ketones is 1. The molecule has 0 aliphatic heterocycles. The van der Waals surface area contributed by atoms with Gasteiger partial charge in [-0.15, -0.1) is 0 Å². The Kier molecular flexibility index (Phi) is 9.68. The number of nitrogens with one attached hydrogen (secondary N) is 1. The Morgan fingerprint density at radius 3 is 2.39 bits per heavy atom. The highest BCUT2D eigenvalue weighted by Crippen LogP contribution is 2.26. The average molecular weight is 390 g/mol. The fourth-order valence-electron chi connectivity index (χ4n) is 2.75.